The molecular formula is C23H15Cl2NO3. The Labute approximate surface area is 177 Å². The minimum Gasteiger partial charge on any atom is -0.507 e. The SMILES string of the molecule is O=C1C(=O)N(c2ccccc2)C(c2ccc(Cl)cc2)C1=C(O)c1ccc(Cl)cc1. The van der Waals surface area contributed by atoms with E-state index in [2.05, 4.69) is 0 Å². The molecule has 0 aromatic heterocycles. The van der Waals surface area contributed by atoms with Crippen LogP contribution in [0.4, 0.5) is 5.69 Å². The van der Waals surface area contributed by atoms with Gasteiger partial charge in [0.05, 0.1) is 11.6 Å². The largest absolute Gasteiger partial charge is 0.507 e. The van der Waals surface area contributed by atoms with Crippen LogP contribution in [-0.4, -0.2) is 16.8 Å². The van der Waals surface area contributed by atoms with Crippen molar-refractivity contribution in [3.8, 4) is 0 Å². The maximum absolute atomic E-state index is 13.0. The number of halogens is 2. The number of carbonyl (C=O) groups is 2. The lowest BCUT2D eigenvalue weighted by molar-refractivity contribution is -0.132. The standard InChI is InChI=1S/C23H15Cl2NO3/c24-16-10-6-14(7-11-16)20-19(21(27)15-8-12-17(25)13-9-15)22(28)23(29)26(20)18-4-2-1-3-5-18/h1-13,20,27H. The average Bonchev–Trinajstić information content (AvgIpc) is 3.00. The van der Waals surface area contributed by atoms with Crippen LogP contribution in [0.1, 0.15) is 17.2 Å². The molecule has 3 aromatic rings. The first-order valence-electron chi connectivity index (χ1n) is 8.85. The fourth-order valence-corrected chi connectivity index (χ4v) is 3.66. The van der Waals surface area contributed by atoms with Crippen LogP contribution in [-0.2, 0) is 9.59 Å². The van der Waals surface area contributed by atoms with E-state index in [-0.39, 0.29) is 11.3 Å². The zero-order valence-corrected chi connectivity index (χ0v) is 16.6. The molecule has 0 saturated carbocycles. The number of nitrogens with zero attached hydrogens (tertiary/aromatic N) is 1. The normalized spacial score (nSPS) is 18.3. The number of hydrogen-bond acceptors (Lipinski definition) is 3. The number of Topliss-reactive ketones (excluding diaryl/α,β-unsaturated/α-hetero) is 1. The fourth-order valence-electron chi connectivity index (χ4n) is 3.41. The van der Waals surface area contributed by atoms with E-state index in [4.69, 9.17) is 23.2 Å². The highest BCUT2D eigenvalue weighted by Crippen LogP contribution is 2.42. The first kappa shape index (κ1) is 19.2. The molecule has 1 atom stereocenters. The van der Waals surface area contributed by atoms with Crippen LogP contribution in [0.3, 0.4) is 0 Å². The number of rotatable bonds is 3. The third-order valence-electron chi connectivity index (χ3n) is 4.78. The summed E-state index contributed by atoms with van der Waals surface area (Å²) in [6.07, 6.45) is 0. The number of hydrogen-bond donors (Lipinski definition) is 1. The van der Waals surface area contributed by atoms with Crippen molar-refractivity contribution in [1.29, 1.82) is 0 Å². The summed E-state index contributed by atoms with van der Waals surface area (Å²) < 4.78 is 0. The molecule has 0 radical (unpaired) electrons. The molecule has 1 aliphatic heterocycles. The maximum atomic E-state index is 13.0. The third-order valence-corrected chi connectivity index (χ3v) is 5.29. The molecule has 0 spiro atoms. The summed E-state index contributed by atoms with van der Waals surface area (Å²) in [7, 11) is 0. The van der Waals surface area contributed by atoms with Crippen molar-refractivity contribution < 1.29 is 14.7 Å². The molecule has 1 amide bonds. The van der Waals surface area contributed by atoms with Gasteiger partial charge in [-0.15, -0.1) is 0 Å². The quantitative estimate of drug-likeness (QED) is 0.337. The van der Waals surface area contributed by atoms with E-state index < -0.39 is 17.7 Å². The summed E-state index contributed by atoms with van der Waals surface area (Å²) >= 11 is 11.9. The Morgan fingerprint density at radius 3 is 1.93 bits per heavy atom. The number of anilines is 1. The highest BCUT2D eigenvalue weighted by molar-refractivity contribution is 6.51. The van der Waals surface area contributed by atoms with Gasteiger partial charge in [-0.3, -0.25) is 14.5 Å². The van der Waals surface area contributed by atoms with Gasteiger partial charge in [0.2, 0.25) is 0 Å². The van der Waals surface area contributed by atoms with Crippen LogP contribution >= 0.6 is 23.2 Å². The molecule has 1 unspecified atom stereocenters. The van der Waals surface area contributed by atoms with Gasteiger partial charge in [0.25, 0.3) is 11.7 Å². The Hall–Kier alpha value is -3.08. The van der Waals surface area contributed by atoms with Gasteiger partial charge in [-0.1, -0.05) is 53.5 Å². The van der Waals surface area contributed by atoms with E-state index in [1.54, 1.807) is 72.8 Å². The summed E-state index contributed by atoms with van der Waals surface area (Å²) in [6, 6.07) is 21.4. The van der Waals surface area contributed by atoms with Gasteiger partial charge in [-0.05, 0) is 54.1 Å². The van der Waals surface area contributed by atoms with Crippen LogP contribution in [0.15, 0.2) is 84.4 Å². The lowest BCUT2D eigenvalue weighted by Gasteiger charge is -2.25. The lowest BCUT2D eigenvalue weighted by atomic mass is 9.95. The van der Waals surface area contributed by atoms with Crippen molar-refractivity contribution in [3.63, 3.8) is 0 Å². The van der Waals surface area contributed by atoms with Crippen molar-refractivity contribution in [1.82, 2.24) is 0 Å². The van der Waals surface area contributed by atoms with E-state index in [1.165, 1.54) is 4.90 Å². The molecule has 1 aliphatic rings. The van der Waals surface area contributed by atoms with E-state index in [1.807, 2.05) is 6.07 Å². The molecule has 0 aliphatic carbocycles. The van der Waals surface area contributed by atoms with E-state index in [0.717, 1.165) is 0 Å². The van der Waals surface area contributed by atoms with Crippen molar-refractivity contribution in [2.75, 3.05) is 4.90 Å². The first-order valence-corrected chi connectivity index (χ1v) is 9.60. The van der Waals surface area contributed by atoms with Crippen LogP contribution in [0.25, 0.3) is 5.76 Å². The molecule has 0 bridgehead atoms. The minimum atomic E-state index is -0.787. The highest BCUT2D eigenvalue weighted by atomic mass is 35.5. The number of carbonyl (C=O) groups excluding carboxylic acids is 2. The van der Waals surface area contributed by atoms with Crippen LogP contribution in [0.5, 0.6) is 0 Å². The molecule has 29 heavy (non-hydrogen) atoms. The van der Waals surface area contributed by atoms with E-state index >= 15 is 0 Å². The number of para-hydroxylation sites is 1. The molecule has 1 N–H and O–H groups in total. The smallest absolute Gasteiger partial charge is 0.300 e. The summed E-state index contributed by atoms with van der Waals surface area (Å²) in [5, 5.41) is 12.0. The second kappa shape index (κ2) is 7.74. The highest BCUT2D eigenvalue weighted by Gasteiger charge is 2.46. The Morgan fingerprint density at radius 2 is 1.34 bits per heavy atom. The maximum Gasteiger partial charge on any atom is 0.300 e. The zero-order valence-electron chi connectivity index (χ0n) is 15.0. The average molecular weight is 424 g/mol. The molecule has 1 heterocycles. The van der Waals surface area contributed by atoms with Gasteiger partial charge in [0.1, 0.15) is 5.76 Å². The van der Waals surface area contributed by atoms with Crippen molar-refractivity contribution in [2.24, 2.45) is 0 Å². The number of benzene rings is 3. The summed E-state index contributed by atoms with van der Waals surface area (Å²) in [4.78, 5) is 27.3. The van der Waals surface area contributed by atoms with E-state index in [0.29, 0.717) is 26.9 Å². The first-order chi connectivity index (χ1) is 14.0. The van der Waals surface area contributed by atoms with Crippen LogP contribution < -0.4 is 4.90 Å². The fraction of sp³-hybridized carbons (Fsp3) is 0.0435. The van der Waals surface area contributed by atoms with Gasteiger partial charge in [0.15, 0.2) is 0 Å². The van der Waals surface area contributed by atoms with Gasteiger partial charge in [-0.25, -0.2) is 0 Å². The summed E-state index contributed by atoms with van der Waals surface area (Å²) in [6.45, 7) is 0. The topological polar surface area (TPSA) is 57.6 Å². The zero-order chi connectivity index (χ0) is 20.5. The molecule has 144 valence electrons. The monoisotopic (exact) mass is 423 g/mol. The van der Waals surface area contributed by atoms with E-state index in [9.17, 15) is 14.7 Å². The van der Waals surface area contributed by atoms with Gasteiger partial charge >= 0.3 is 0 Å². The van der Waals surface area contributed by atoms with Gasteiger partial charge < -0.3 is 5.11 Å². The van der Waals surface area contributed by atoms with Gasteiger partial charge in [-0.2, -0.15) is 0 Å². The Balaban J connectivity index is 1.94. The third kappa shape index (κ3) is 3.53. The molecule has 3 aromatic carbocycles. The summed E-state index contributed by atoms with van der Waals surface area (Å²) in [5.74, 6) is -1.70. The number of amides is 1. The Kier molecular flexibility index (Phi) is 5.14. The molecule has 4 rings (SSSR count). The van der Waals surface area contributed by atoms with Crippen molar-refractivity contribution in [2.45, 2.75) is 6.04 Å². The Bertz CT molecular complexity index is 1110. The minimum absolute atomic E-state index is 0.0171. The van der Waals surface area contributed by atoms with Crippen molar-refractivity contribution >= 4 is 46.3 Å². The molecular weight excluding hydrogens is 409 g/mol. The van der Waals surface area contributed by atoms with Crippen LogP contribution in [0.2, 0.25) is 10.0 Å². The number of ketones is 1. The van der Waals surface area contributed by atoms with Crippen LogP contribution in [0, 0.1) is 0 Å². The van der Waals surface area contributed by atoms with Gasteiger partial charge in [0, 0.05) is 21.3 Å². The Morgan fingerprint density at radius 1 is 0.793 bits per heavy atom. The lowest BCUT2D eigenvalue weighted by Crippen LogP contribution is -2.29. The predicted molar refractivity (Wildman–Crippen MR) is 114 cm³/mol. The second-order valence-corrected chi connectivity index (χ2v) is 7.44. The number of aliphatic hydroxyl groups excluding tert-OH is 1. The summed E-state index contributed by atoms with van der Waals surface area (Å²) in [5.41, 5.74) is 1.64. The molecule has 1 fully saturated rings. The molecule has 1 saturated heterocycles. The molecule has 4 nitrogen and oxygen atoms in total. The second-order valence-electron chi connectivity index (χ2n) is 6.56. The molecule has 6 heteroatoms. The predicted octanol–water partition coefficient (Wildman–Crippen LogP) is 5.62. The van der Waals surface area contributed by atoms with Crippen molar-refractivity contribution in [3.05, 3.63) is 106 Å². The number of aliphatic hydroxyl groups is 1.